The Morgan fingerprint density at radius 2 is 1.88 bits per heavy atom. The molecule has 0 amide bonds. The van der Waals surface area contributed by atoms with Crippen LogP contribution in [0, 0.1) is 0 Å². The van der Waals surface area contributed by atoms with Crippen molar-refractivity contribution in [1.29, 1.82) is 0 Å². The number of aliphatic carboxylic acids is 1. The number of benzene rings is 2. The topological polar surface area (TPSA) is 67.8 Å². The van der Waals surface area contributed by atoms with E-state index >= 15 is 0 Å². The number of carboxylic acid groups (broad SMARTS) is 1. The van der Waals surface area contributed by atoms with Crippen LogP contribution in [0.4, 0.5) is 13.2 Å². The van der Waals surface area contributed by atoms with E-state index in [2.05, 4.69) is 5.32 Å². The largest absolute Gasteiger partial charge is 0.496 e. The maximum absolute atomic E-state index is 13.0. The van der Waals surface area contributed by atoms with E-state index in [1.54, 1.807) is 55.5 Å². The fraction of sp³-hybridized carbons (Fsp3) is 0.292. The first-order chi connectivity index (χ1) is 15.2. The standard InChI is InChI=1S/C24H26F3NO4/c1-17(12-20(14-24(25,26)27)18-6-4-3-5-7-18)16-32-21-9-8-19(22(13-21)31-2)15-28-11-10-23(29)30/h3-9,12-14,28H,10-11,15-16H2,1-2H3,(H,29,30)/b17-12+,20-14-. The molecule has 2 aromatic carbocycles. The first-order valence-electron chi connectivity index (χ1n) is 9.92. The smallest absolute Gasteiger partial charge is 0.410 e. The molecule has 0 saturated carbocycles. The monoisotopic (exact) mass is 449 g/mol. The molecule has 0 fully saturated rings. The Kier molecular flexibility index (Phi) is 9.34. The van der Waals surface area contributed by atoms with Gasteiger partial charge in [-0.2, -0.15) is 13.2 Å². The second kappa shape index (κ2) is 12.0. The summed E-state index contributed by atoms with van der Waals surface area (Å²) in [5.74, 6) is 0.191. The van der Waals surface area contributed by atoms with Crippen molar-refractivity contribution in [3.05, 3.63) is 77.4 Å². The van der Waals surface area contributed by atoms with Gasteiger partial charge in [-0.3, -0.25) is 4.79 Å². The van der Waals surface area contributed by atoms with Crippen LogP contribution in [0.1, 0.15) is 24.5 Å². The molecular weight excluding hydrogens is 423 g/mol. The van der Waals surface area contributed by atoms with Gasteiger partial charge in [0.15, 0.2) is 0 Å². The van der Waals surface area contributed by atoms with Crippen molar-refractivity contribution in [3.63, 3.8) is 0 Å². The van der Waals surface area contributed by atoms with E-state index in [9.17, 15) is 18.0 Å². The molecule has 2 aromatic rings. The quantitative estimate of drug-likeness (QED) is 0.363. The van der Waals surface area contributed by atoms with Crippen LogP contribution in [0.2, 0.25) is 0 Å². The number of ether oxygens (including phenoxy) is 2. The van der Waals surface area contributed by atoms with Gasteiger partial charge in [-0.1, -0.05) is 42.5 Å². The third kappa shape index (κ3) is 8.85. The van der Waals surface area contributed by atoms with Crippen LogP contribution >= 0.6 is 0 Å². The zero-order valence-corrected chi connectivity index (χ0v) is 17.9. The molecule has 0 aliphatic rings. The highest BCUT2D eigenvalue weighted by molar-refractivity contribution is 5.75. The van der Waals surface area contributed by atoms with E-state index in [1.165, 1.54) is 13.2 Å². The molecule has 0 bridgehead atoms. The highest BCUT2D eigenvalue weighted by Gasteiger charge is 2.24. The minimum atomic E-state index is -4.44. The number of carboxylic acids is 1. The molecule has 0 aliphatic carbocycles. The van der Waals surface area contributed by atoms with E-state index in [0.29, 0.717) is 35.7 Å². The average molecular weight is 449 g/mol. The SMILES string of the molecule is COc1cc(OC/C(C)=C/C(=C/C(F)(F)F)c2ccccc2)ccc1CNCCC(=O)O. The first-order valence-corrected chi connectivity index (χ1v) is 9.92. The lowest BCUT2D eigenvalue weighted by molar-refractivity contribution is -0.136. The molecule has 0 atom stereocenters. The summed E-state index contributed by atoms with van der Waals surface area (Å²) in [4.78, 5) is 10.6. The molecule has 0 heterocycles. The zero-order valence-electron chi connectivity index (χ0n) is 17.9. The van der Waals surface area contributed by atoms with E-state index in [0.717, 1.165) is 5.56 Å². The fourth-order valence-electron chi connectivity index (χ4n) is 2.90. The van der Waals surface area contributed by atoms with Crippen molar-refractivity contribution in [2.45, 2.75) is 26.1 Å². The minimum absolute atomic E-state index is 0.0167. The van der Waals surface area contributed by atoms with E-state index in [1.807, 2.05) is 0 Å². The van der Waals surface area contributed by atoms with Crippen molar-refractivity contribution in [1.82, 2.24) is 5.32 Å². The van der Waals surface area contributed by atoms with Gasteiger partial charge in [0.1, 0.15) is 18.1 Å². The second-order valence-corrected chi connectivity index (χ2v) is 7.08. The van der Waals surface area contributed by atoms with Crippen LogP contribution in [-0.4, -0.2) is 37.5 Å². The molecule has 2 N–H and O–H groups in total. The Labute approximate surface area is 185 Å². The van der Waals surface area contributed by atoms with Crippen molar-refractivity contribution >= 4 is 11.5 Å². The molecule has 5 nitrogen and oxygen atoms in total. The van der Waals surface area contributed by atoms with Crippen LogP contribution in [0.25, 0.3) is 5.57 Å². The van der Waals surface area contributed by atoms with Crippen molar-refractivity contribution < 1.29 is 32.5 Å². The minimum Gasteiger partial charge on any atom is -0.496 e. The number of allylic oxidation sites excluding steroid dienone is 3. The van der Waals surface area contributed by atoms with Gasteiger partial charge in [0.25, 0.3) is 0 Å². The molecule has 32 heavy (non-hydrogen) atoms. The Bertz CT molecular complexity index is 953. The third-order valence-electron chi connectivity index (χ3n) is 4.38. The molecule has 0 aliphatic heterocycles. The molecule has 172 valence electrons. The number of alkyl halides is 3. The predicted molar refractivity (Wildman–Crippen MR) is 117 cm³/mol. The predicted octanol–water partition coefficient (Wildman–Crippen LogP) is 5.23. The lowest BCUT2D eigenvalue weighted by Gasteiger charge is -2.13. The number of halogens is 3. The lowest BCUT2D eigenvalue weighted by atomic mass is 10.0. The number of carbonyl (C=O) groups is 1. The number of methoxy groups -OCH3 is 1. The van der Waals surface area contributed by atoms with Gasteiger partial charge in [0.05, 0.1) is 13.5 Å². The molecule has 0 saturated heterocycles. The first kappa shape index (κ1) is 25.0. The lowest BCUT2D eigenvalue weighted by Crippen LogP contribution is -2.18. The maximum Gasteiger partial charge on any atom is 0.410 e. The summed E-state index contributed by atoms with van der Waals surface area (Å²) in [5.41, 5.74) is 1.96. The molecule has 8 heteroatoms. The average Bonchev–Trinajstić information content (AvgIpc) is 2.74. The molecule has 0 aromatic heterocycles. The van der Waals surface area contributed by atoms with Gasteiger partial charge < -0.3 is 19.9 Å². The van der Waals surface area contributed by atoms with E-state index in [-0.39, 0.29) is 24.7 Å². The van der Waals surface area contributed by atoms with Gasteiger partial charge >= 0.3 is 12.1 Å². The molecule has 0 radical (unpaired) electrons. The van der Waals surface area contributed by atoms with Crippen LogP contribution in [-0.2, 0) is 11.3 Å². The second-order valence-electron chi connectivity index (χ2n) is 7.08. The summed E-state index contributed by atoms with van der Waals surface area (Å²) in [5, 5.41) is 11.7. The van der Waals surface area contributed by atoms with Crippen LogP contribution < -0.4 is 14.8 Å². The van der Waals surface area contributed by atoms with Gasteiger partial charge in [-0.05, 0) is 29.7 Å². The molecule has 2 rings (SSSR count). The van der Waals surface area contributed by atoms with Crippen molar-refractivity contribution in [2.24, 2.45) is 0 Å². The highest BCUT2D eigenvalue weighted by Crippen LogP contribution is 2.27. The summed E-state index contributed by atoms with van der Waals surface area (Å²) < 4.78 is 50.0. The third-order valence-corrected chi connectivity index (χ3v) is 4.38. The Hall–Kier alpha value is -3.26. The van der Waals surface area contributed by atoms with Gasteiger partial charge in [-0.15, -0.1) is 0 Å². The van der Waals surface area contributed by atoms with Gasteiger partial charge in [-0.25, -0.2) is 0 Å². The number of hydrogen-bond donors (Lipinski definition) is 2. The van der Waals surface area contributed by atoms with E-state index in [4.69, 9.17) is 14.6 Å². The number of rotatable bonds is 11. The summed E-state index contributed by atoms with van der Waals surface area (Å²) in [6.07, 6.45) is -2.69. The normalized spacial score (nSPS) is 12.5. The highest BCUT2D eigenvalue weighted by atomic mass is 19.4. The maximum atomic E-state index is 13.0. The van der Waals surface area contributed by atoms with Crippen LogP contribution in [0.5, 0.6) is 11.5 Å². The molecule has 0 spiro atoms. The summed E-state index contributed by atoms with van der Waals surface area (Å²) >= 11 is 0. The van der Waals surface area contributed by atoms with Crippen molar-refractivity contribution in [2.75, 3.05) is 20.3 Å². The fourth-order valence-corrected chi connectivity index (χ4v) is 2.90. The van der Waals surface area contributed by atoms with Gasteiger partial charge in [0, 0.05) is 30.8 Å². The Morgan fingerprint density at radius 3 is 2.50 bits per heavy atom. The number of nitrogens with one attached hydrogen (secondary N) is 1. The van der Waals surface area contributed by atoms with Gasteiger partial charge in [0.2, 0.25) is 0 Å². The molecular formula is C24H26F3NO4. The zero-order chi connectivity index (χ0) is 23.6. The van der Waals surface area contributed by atoms with Crippen molar-refractivity contribution in [3.8, 4) is 11.5 Å². The molecule has 0 unspecified atom stereocenters. The van der Waals surface area contributed by atoms with E-state index < -0.39 is 12.1 Å². The number of hydrogen-bond acceptors (Lipinski definition) is 4. The van der Waals surface area contributed by atoms with Crippen LogP contribution in [0.15, 0.2) is 66.3 Å². The summed E-state index contributed by atoms with van der Waals surface area (Å²) in [6, 6.07) is 13.6. The van der Waals surface area contributed by atoms with Crippen LogP contribution in [0.3, 0.4) is 0 Å². The summed E-state index contributed by atoms with van der Waals surface area (Å²) in [7, 11) is 1.51. The Balaban J connectivity index is 2.07. The Morgan fingerprint density at radius 1 is 1.16 bits per heavy atom. The summed E-state index contributed by atoms with van der Waals surface area (Å²) in [6.45, 7) is 2.56.